The second-order valence-electron chi connectivity index (χ2n) is 7.38. The summed E-state index contributed by atoms with van der Waals surface area (Å²) < 4.78 is 12.6. The van der Waals surface area contributed by atoms with Gasteiger partial charge in [-0.3, -0.25) is 14.3 Å². The van der Waals surface area contributed by atoms with Crippen molar-refractivity contribution in [2.45, 2.75) is 12.1 Å². The largest absolute Gasteiger partial charge is 0.493 e. The first-order valence-electron chi connectivity index (χ1n) is 10.7. The van der Waals surface area contributed by atoms with Crippen molar-refractivity contribution >= 4 is 23.9 Å². The van der Waals surface area contributed by atoms with E-state index < -0.39 is 0 Å². The van der Waals surface area contributed by atoms with Gasteiger partial charge in [-0.05, 0) is 43.3 Å². The number of ether oxygens (including phenoxy) is 2. The number of aryl methyl sites for hydroxylation is 1. The Labute approximate surface area is 207 Å². The molecule has 0 atom stereocenters. The van der Waals surface area contributed by atoms with Gasteiger partial charge in [-0.25, -0.2) is 5.43 Å². The third-order valence-electron chi connectivity index (χ3n) is 5.02. The molecule has 2 heterocycles. The maximum absolute atomic E-state index is 12.5. The Hall–Kier alpha value is -4.18. The summed E-state index contributed by atoms with van der Waals surface area (Å²) in [5, 5.41) is 13.4. The molecule has 0 saturated carbocycles. The lowest BCUT2D eigenvalue weighted by atomic mass is 10.2. The molecule has 0 aliphatic rings. The van der Waals surface area contributed by atoms with Crippen LogP contribution < -0.4 is 14.9 Å². The SMILES string of the molecule is COc1cccc(C=NNC(=O)CSc2nnc(-c3ccncc3)n2-c2ccc(C)cc2)c1OC. The maximum Gasteiger partial charge on any atom is 0.250 e. The second kappa shape index (κ2) is 11.3. The van der Waals surface area contributed by atoms with Crippen molar-refractivity contribution in [3.63, 3.8) is 0 Å². The molecule has 0 fully saturated rings. The molecule has 4 rings (SSSR count). The minimum absolute atomic E-state index is 0.104. The molecule has 2 aromatic heterocycles. The highest BCUT2D eigenvalue weighted by Crippen LogP contribution is 2.30. The first-order valence-corrected chi connectivity index (χ1v) is 11.7. The van der Waals surface area contributed by atoms with Crippen molar-refractivity contribution in [2.75, 3.05) is 20.0 Å². The first kappa shape index (κ1) is 24.0. The van der Waals surface area contributed by atoms with Crippen LogP contribution in [0.5, 0.6) is 11.5 Å². The molecule has 10 heteroatoms. The summed E-state index contributed by atoms with van der Waals surface area (Å²) in [7, 11) is 3.11. The maximum atomic E-state index is 12.5. The summed E-state index contributed by atoms with van der Waals surface area (Å²) in [6, 6.07) is 17.2. The van der Waals surface area contributed by atoms with Crippen molar-refractivity contribution in [1.82, 2.24) is 25.2 Å². The van der Waals surface area contributed by atoms with Crippen LogP contribution in [0.3, 0.4) is 0 Å². The molecule has 0 saturated heterocycles. The number of methoxy groups -OCH3 is 2. The number of thioether (sulfide) groups is 1. The third kappa shape index (κ3) is 5.67. The van der Waals surface area contributed by atoms with Crippen LogP contribution in [0.2, 0.25) is 0 Å². The van der Waals surface area contributed by atoms with Gasteiger partial charge in [-0.15, -0.1) is 10.2 Å². The molecule has 1 N–H and O–H groups in total. The summed E-state index contributed by atoms with van der Waals surface area (Å²) in [6.45, 7) is 2.03. The van der Waals surface area contributed by atoms with E-state index in [1.807, 2.05) is 60.0 Å². The topological polar surface area (TPSA) is 104 Å². The summed E-state index contributed by atoms with van der Waals surface area (Å²) in [4.78, 5) is 16.6. The average Bonchev–Trinajstić information content (AvgIpc) is 3.32. The zero-order valence-corrected chi connectivity index (χ0v) is 20.3. The number of benzene rings is 2. The molecule has 4 aromatic rings. The van der Waals surface area contributed by atoms with Gasteiger partial charge in [-0.1, -0.05) is 35.5 Å². The van der Waals surface area contributed by atoms with Crippen LogP contribution in [0.15, 0.2) is 77.2 Å². The molecule has 0 unspecified atom stereocenters. The Kier molecular flexibility index (Phi) is 7.74. The fraction of sp³-hybridized carbons (Fsp3) is 0.160. The van der Waals surface area contributed by atoms with E-state index in [-0.39, 0.29) is 11.7 Å². The molecule has 1 amide bonds. The highest BCUT2D eigenvalue weighted by atomic mass is 32.2. The van der Waals surface area contributed by atoms with E-state index in [2.05, 4.69) is 25.7 Å². The third-order valence-corrected chi connectivity index (χ3v) is 5.95. The van der Waals surface area contributed by atoms with Gasteiger partial charge < -0.3 is 9.47 Å². The Bertz CT molecular complexity index is 1320. The molecule has 2 aromatic carbocycles. The van der Waals surface area contributed by atoms with E-state index in [0.29, 0.717) is 28.0 Å². The van der Waals surface area contributed by atoms with E-state index in [1.54, 1.807) is 32.7 Å². The van der Waals surface area contributed by atoms with Gasteiger partial charge in [0.25, 0.3) is 5.91 Å². The van der Waals surface area contributed by atoms with Crippen molar-refractivity contribution in [1.29, 1.82) is 0 Å². The highest BCUT2D eigenvalue weighted by Gasteiger charge is 2.17. The lowest BCUT2D eigenvalue weighted by Crippen LogP contribution is -2.20. The number of carbonyl (C=O) groups excluding carboxylic acids is 1. The number of nitrogens with one attached hydrogen (secondary N) is 1. The second-order valence-corrected chi connectivity index (χ2v) is 8.32. The molecule has 9 nitrogen and oxygen atoms in total. The highest BCUT2D eigenvalue weighted by molar-refractivity contribution is 7.99. The van der Waals surface area contributed by atoms with Crippen LogP contribution in [0.1, 0.15) is 11.1 Å². The van der Waals surface area contributed by atoms with Crippen molar-refractivity contribution in [3.8, 4) is 28.6 Å². The Morgan fingerprint density at radius 1 is 1.06 bits per heavy atom. The molecule has 0 bridgehead atoms. The van der Waals surface area contributed by atoms with Gasteiger partial charge in [0.15, 0.2) is 22.5 Å². The summed E-state index contributed by atoms with van der Waals surface area (Å²) in [6.07, 6.45) is 4.93. The van der Waals surface area contributed by atoms with Crippen LogP contribution in [-0.4, -0.2) is 51.8 Å². The fourth-order valence-corrected chi connectivity index (χ4v) is 4.07. The predicted molar refractivity (Wildman–Crippen MR) is 135 cm³/mol. The normalized spacial score (nSPS) is 10.9. The number of para-hydroxylation sites is 1. The number of carbonyl (C=O) groups is 1. The van der Waals surface area contributed by atoms with Crippen LogP contribution >= 0.6 is 11.8 Å². The lowest BCUT2D eigenvalue weighted by Gasteiger charge is -2.10. The molecule has 35 heavy (non-hydrogen) atoms. The minimum Gasteiger partial charge on any atom is -0.493 e. The molecule has 178 valence electrons. The summed E-state index contributed by atoms with van der Waals surface area (Å²) >= 11 is 1.27. The Morgan fingerprint density at radius 2 is 1.83 bits per heavy atom. The number of amides is 1. The summed E-state index contributed by atoms with van der Waals surface area (Å²) in [5.74, 6) is 1.61. The standard InChI is InChI=1S/C25H24N6O3S/c1-17-7-9-20(10-8-17)31-24(18-11-13-26-14-12-18)29-30-25(31)35-16-22(32)28-27-15-19-5-4-6-21(33-2)23(19)34-3/h4-15H,16H2,1-3H3,(H,28,32). The minimum atomic E-state index is -0.281. The van der Waals surface area contributed by atoms with Gasteiger partial charge in [0.1, 0.15) is 0 Å². The molecule has 0 aliphatic heterocycles. The smallest absolute Gasteiger partial charge is 0.250 e. The number of rotatable bonds is 9. The van der Waals surface area contributed by atoms with Crippen molar-refractivity contribution in [3.05, 3.63) is 78.1 Å². The zero-order chi connectivity index (χ0) is 24.6. The van der Waals surface area contributed by atoms with Crippen LogP contribution in [0.4, 0.5) is 0 Å². The average molecular weight is 489 g/mol. The van der Waals surface area contributed by atoms with Gasteiger partial charge in [0.2, 0.25) is 0 Å². The van der Waals surface area contributed by atoms with Gasteiger partial charge in [0, 0.05) is 29.2 Å². The van der Waals surface area contributed by atoms with Crippen LogP contribution in [0.25, 0.3) is 17.1 Å². The van der Waals surface area contributed by atoms with E-state index in [0.717, 1.165) is 16.8 Å². The van der Waals surface area contributed by atoms with Crippen molar-refractivity contribution in [2.24, 2.45) is 5.10 Å². The van der Waals surface area contributed by atoms with Crippen LogP contribution in [0, 0.1) is 6.92 Å². The number of hydrazone groups is 1. The van der Waals surface area contributed by atoms with Gasteiger partial charge in [0.05, 0.1) is 26.2 Å². The van der Waals surface area contributed by atoms with Crippen LogP contribution in [-0.2, 0) is 4.79 Å². The Morgan fingerprint density at radius 3 is 2.54 bits per heavy atom. The van der Waals surface area contributed by atoms with E-state index in [4.69, 9.17) is 9.47 Å². The summed E-state index contributed by atoms with van der Waals surface area (Å²) in [5.41, 5.74) is 6.15. The number of nitrogens with zero attached hydrogens (tertiary/aromatic N) is 5. The molecule has 0 radical (unpaired) electrons. The van der Waals surface area contributed by atoms with E-state index in [1.165, 1.54) is 18.0 Å². The Balaban J connectivity index is 1.49. The number of hydrogen-bond acceptors (Lipinski definition) is 8. The predicted octanol–water partition coefficient (Wildman–Crippen LogP) is 3.90. The number of aromatic nitrogens is 4. The number of hydrogen-bond donors (Lipinski definition) is 1. The molecule has 0 spiro atoms. The molecular weight excluding hydrogens is 464 g/mol. The van der Waals surface area contributed by atoms with Gasteiger partial charge in [-0.2, -0.15) is 5.10 Å². The zero-order valence-electron chi connectivity index (χ0n) is 19.5. The molecular formula is C25H24N6O3S. The van der Waals surface area contributed by atoms with Crippen molar-refractivity contribution < 1.29 is 14.3 Å². The number of pyridine rings is 1. The van der Waals surface area contributed by atoms with Gasteiger partial charge >= 0.3 is 0 Å². The fourth-order valence-electron chi connectivity index (χ4n) is 3.33. The van der Waals surface area contributed by atoms with E-state index in [9.17, 15) is 4.79 Å². The first-order chi connectivity index (χ1) is 17.1. The molecule has 0 aliphatic carbocycles. The van der Waals surface area contributed by atoms with E-state index >= 15 is 0 Å². The monoisotopic (exact) mass is 488 g/mol. The lowest BCUT2D eigenvalue weighted by molar-refractivity contribution is -0.118. The quantitative estimate of drug-likeness (QED) is 0.216.